The van der Waals surface area contributed by atoms with Crippen LogP contribution in [0.5, 0.6) is 0 Å². The summed E-state index contributed by atoms with van der Waals surface area (Å²) in [6, 6.07) is 9.52. The highest BCUT2D eigenvalue weighted by Gasteiger charge is 2.23. The molecule has 0 radical (unpaired) electrons. The van der Waals surface area contributed by atoms with Crippen molar-refractivity contribution >= 4 is 16.9 Å². The van der Waals surface area contributed by atoms with Crippen molar-refractivity contribution < 1.29 is 9.90 Å². The summed E-state index contributed by atoms with van der Waals surface area (Å²) in [5.41, 5.74) is 1.66. The Balaban J connectivity index is 2.51. The first kappa shape index (κ1) is 11.6. The van der Waals surface area contributed by atoms with E-state index in [0.29, 0.717) is 0 Å². The quantitative estimate of drug-likeness (QED) is 0.880. The monoisotopic (exact) mass is 229 g/mol. The van der Waals surface area contributed by atoms with E-state index in [-0.39, 0.29) is 5.92 Å². The van der Waals surface area contributed by atoms with Crippen molar-refractivity contribution in [2.24, 2.45) is 5.92 Å². The average molecular weight is 229 g/mol. The van der Waals surface area contributed by atoms with Crippen LogP contribution >= 0.6 is 0 Å². The zero-order chi connectivity index (χ0) is 12.4. The number of benzene rings is 1. The summed E-state index contributed by atoms with van der Waals surface area (Å²) in [4.78, 5) is 15.5. The van der Waals surface area contributed by atoms with Gasteiger partial charge in [0.15, 0.2) is 0 Å². The molecule has 1 N–H and O–H groups in total. The third-order valence-electron chi connectivity index (χ3n) is 2.92. The topological polar surface area (TPSA) is 50.2 Å². The van der Waals surface area contributed by atoms with Crippen molar-refractivity contribution in [1.29, 1.82) is 0 Å². The van der Waals surface area contributed by atoms with Crippen LogP contribution in [0.3, 0.4) is 0 Å². The molecule has 3 nitrogen and oxygen atoms in total. The standard InChI is InChI=1S/C14H15NO2/c1-9(2)13(14(16)17)11-6-5-10-4-3-7-15-12(10)8-11/h3-9,13H,1-2H3,(H,16,17). The Bertz CT molecular complexity index is 549. The van der Waals surface area contributed by atoms with Gasteiger partial charge in [0.1, 0.15) is 0 Å². The molecule has 0 aliphatic rings. The molecule has 88 valence electrons. The number of rotatable bonds is 3. The summed E-state index contributed by atoms with van der Waals surface area (Å²) in [6.07, 6.45) is 1.72. The molecule has 1 heterocycles. The van der Waals surface area contributed by atoms with Gasteiger partial charge >= 0.3 is 5.97 Å². The van der Waals surface area contributed by atoms with Crippen LogP contribution in [0.15, 0.2) is 36.5 Å². The van der Waals surface area contributed by atoms with Crippen molar-refractivity contribution in [2.75, 3.05) is 0 Å². The highest BCUT2D eigenvalue weighted by atomic mass is 16.4. The minimum Gasteiger partial charge on any atom is -0.481 e. The van der Waals surface area contributed by atoms with Gasteiger partial charge in [-0.25, -0.2) is 0 Å². The lowest BCUT2D eigenvalue weighted by Crippen LogP contribution is -2.17. The highest BCUT2D eigenvalue weighted by molar-refractivity contribution is 5.82. The summed E-state index contributed by atoms with van der Waals surface area (Å²) in [6.45, 7) is 3.84. The van der Waals surface area contributed by atoms with Gasteiger partial charge in [0.05, 0.1) is 11.4 Å². The summed E-state index contributed by atoms with van der Waals surface area (Å²) < 4.78 is 0. The van der Waals surface area contributed by atoms with E-state index in [1.807, 2.05) is 44.2 Å². The zero-order valence-electron chi connectivity index (χ0n) is 9.92. The molecule has 0 bridgehead atoms. The van der Waals surface area contributed by atoms with Gasteiger partial charge in [-0.1, -0.05) is 32.0 Å². The molecule has 3 heteroatoms. The predicted molar refractivity (Wildman–Crippen MR) is 67.0 cm³/mol. The van der Waals surface area contributed by atoms with E-state index in [1.165, 1.54) is 0 Å². The lowest BCUT2D eigenvalue weighted by molar-refractivity contribution is -0.139. The fraction of sp³-hybridized carbons (Fsp3) is 0.286. The lowest BCUT2D eigenvalue weighted by Gasteiger charge is -2.16. The van der Waals surface area contributed by atoms with E-state index >= 15 is 0 Å². The number of aliphatic carboxylic acids is 1. The Kier molecular flexibility index (Phi) is 3.09. The van der Waals surface area contributed by atoms with Crippen LogP contribution in [0.25, 0.3) is 10.9 Å². The van der Waals surface area contributed by atoms with E-state index in [2.05, 4.69) is 4.98 Å². The summed E-state index contributed by atoms with van der Waals surface area (Å²) in [5, 5.41) is 10.3. The Hall–Kier alpha value is -1.90. The smallest absolute Gasteiger partial charge is 0.311 e. The van der Waals surface area contributed by atoms with Gasteiger partial charge in [-0.3, -0.25) is 9.78 Å². The summed E-state index contributed by atoms with van der Waals surface area (Å²) >= 11 is 0. The Morgan fingerprint density at radius 2 is 2.06 bits per heavy atom. The second kappa shape index (κ2) is 4.53. The summed E-state index contributed by atoms with van der Waals surface area (Å²) in [7, 11) is 0. The number of carboxylic acid groups (broad SMARTS) is 1. The van der Waals surface area contributed by atoms with Crippen LogP contribution in [-0.4, -0.2) is 16.1 Å². The Morgan fingerprint density at radius 1 is 1.29 bits per heavy atom. The van der Waals surface area contributed by atoms with Gasteiger partial charge in [0, 0.05) is 11.6 Å². The second-order valence-electron chi connectivity index (χ2n) is 4.52. The number of pyridine rings is 1. The second-order valence-corrected chi connectivity index (χ2v) is 4.52. The van der Waals surface area contributed by atoms with Crippen LogP contribution < -0.4 is 0 Å². The minimum atomic E-state index is -0.782. The average Bonchev–Trinajstić information content (AvgIpc) is 2.28. The van der Waals surface area contributed by atoms with Crippen molar-refractivity contribution in [3.8, 4) is 0 Å². The van der Waals surface area contributed by atoms with Crippen LogP contribution in [0.2, 0.25) is 0 Å². The number of carbonyl (C=O) groups is 1. The Morgan fingerprint density at radius 3 is 2.71 bits per heavy atom. The van der Waals surface area contributed by atoms with E-state index in [4.69, 9.17) is 0 Å². The van der Waals surface area contributed by atoms with Crippen LogP contribution in [0.4, 0.5) is 0 Å². The van der Waals surface area contributed by atoms with Gasteiger partial charge in [0.25, 0.3) is 0 Å². The molecule has 0 aliphatic heterocycles. The number of hydrogen-bond donors (Lipinski definition) is 1. The molecule has 0 saturated carbocycles. The van der Waals surface area contributed by atoms with Crippen LogP contribution in [-0.2, 0) is 4.79 Å². The third-order valence-corrected chi connectivity index (χ3v) is 2.92. The summed E-state index contributed by atoms with van der Waals surface area (Å²) in [5.74, 6) is -1.19. The fourth-order valence-corrected chi connectivity index (χ4v) is 2.09. The number of hydrogen-bond acceptors (Lipinski definition) is 2. The molecule has 0 fully saturated rings. The number of nitrogens with zero attached hydrogens (tertiary/aromatic N) is 1. The SMILES string of the molecule is CC(C)C(C(=O)O)c1ccc2cccnc2c1. The largest absolute Gasteiger partial charge is 0.481 e. The van der Waals surface area contributed by atoms with Gasteiger partial charge in [0.2, 0.25) is 0 Å². The van der Waals surface area contributed by atoms with Gasteiger partial charge in [-0.05, 0) is 23.6 Å². The van der Waals surface area contributed by atoms with Crippen molar-refractivity contribution in [3.63, 3.8) is 0 Å². The lowest BCUT2D eigenvalue weighted by atomic mass is 9.88. The molecule has 17 heavy (non-hydrogen) atoms. The van der Waals surface area contributed by atoms with E-state index in [1.54, 1.807) is 6.20 Å². The number of carboxylic acids is 1. The van der Waals surface area contributed by atoms with Crippen molar-refractivity contribution in [3.05, 3.63) is 42.1 Å². The molecule has 2 aromatic rings. The molecule has 0 aliphatic carbocycles. The minimum absolute atomic E-state index is 0.0636. The van der Waals surface area contributed by atoms with Crippen LogP contribution in [0, 0.1) is 5.92 Å². The first-order chi connectivity index (χ1) is 8.09. The number of aromatic nitrogens is 1. The molecule has 1 atom stereocenters. The first-order valence-corrected chi connectivity index (χ1v) is 5.67. The maximum Gasteiger partial charge on any atom is 0.311 e. The van der Waals surface area contributed by atoms with E-state index in [0.717, 1.165) is 16.5 Å². The van der Waals surface area contributed by atoms with Gasteiger partial charge in [-0.15, -0.1) is 0 Å². The molecule has 0 spiro atoms. The number of fused-ring (bicyclic) bond motifs is 1. The van der Waals surface area contributed by atoms with Crippen molar-refractivity contribution in [2.45, 2.75) is 19.8 Å². The molecule has 1 aromatic carbocycles. The maximum absolute atomic E-state index is 11.3. The predicted octanol–water partition coefficient (Wildman–Crippen LogP) is 3.06. The fourth-order valence-electron chi connectivity index (χ4n) is 2.09. The molecule has 1 aromatic heterocycles. The molecule has 1 unspecified atom stereocenters. The maximum atomic E-state index is 11.3. The van der Waals surface area contributed by atoms with Gasteiger partial charge < -0.3 is 5.11 Å². The molecule has 2 rings (SSSR count). The molecule has 0 saturated heterocycles. The highest BCUT2D eigenvalue weighted by Crippen LogP contribution is 2.26. The third kappa shape index (κ3) is 2.28. The zero-order valence-corrected chi connectivity index (χ0v) is 9.92. The Labute approximate surface area is 100 Å². The molecular formula is C14H15NO2. The first-order valence-electron chi connectivity index (χ1n) is 5.67. The molecule has 0 amide bonds. The normalized spacial score (nSPS) is 12.9. The van der Waals surface area contributed by atoms with Crippen molar-refractivity contribution in [1.82, 2.24) is 4.98 Å². The van der Waals surface area contributed by atoms with E-state index in [9.17, 15) is 9.90 Å². The van der Waals surface area contributed by atoms with Gasteiger partial charge in [-0.2, -0.15) is 0 Å². The van der Waals surface area contributed by atoms with Crippen LogP contribution in [0.1, 0.15) is 25.3 Å². The van der Waals surface area contributed by atoms with E-state index < -0.39 is 11.9 Å². The molecular weight excluding hydrogens is 214 g/mol.